The summed E-state index contributed by atoms with van der Waals surface area (Å²) in [5.74, 6) is 0.530. The van der Waals surface area contributed by atoms with Crippen LogP contribution in [0.1, 0.15) is 13.8 Å². The summed E-state index contributed by atoms with van der Waals surface area (Å²) in [7, 11) is 0. The topological polar surface area (TPSA) is 35.5 Å². The van der Waals surface area contributed by atoms with Crippen molar-refractivity contribution in [2.45, 2.75) is 20.0 Å². The molecule has 0 unspecified atom stereocenters. The third-order valence-electron chi connectivity index (χ3n) is 4.04. The van der Waals surface area contributed by atoms with Crippen LogP contribution in [0.25, 0.3) is 0 Å². The van der Waals surface area contributed by atoms with Gasteiger partial charge in [0.2, 0.25) is 0 Å². The van der Waals surface area contributed by atoms with E-state index in [1.165, 1.54) is 0 Å². The van der Waals surface area contributed by atoms with E-state index in [0.717, 1.165) is 0 Å². The van der Waals surface area contributed by atoms with Gasteiger partial charge in [-0.3, -0.25) is 0 Å². The van der Waals surface area contributed by atoms with E-state index in [0.29, 0.717) is 13.5 Å². The van der Waals surface area contributed by atoms with Crippen molar-refractivity contribution in [3.63, 3.8) is 0 Å². The van der Waals surface area contributed by atoms with Gasteiger partial charge in [0.05, 0.1) is 0 Å². The molecule has 0 spiro atoms. The van der Waals surface area contributed by atoms with Gasteiger partial charge >= 0.3 is 150 Å². The van der Waals surface area contributed by atoms with Gasteiger partial charge in [0.1, 0.15) is 0 Å². The van der Waals surface area contributed by atoms with Crippen LogP contribution in [0.3, 0.4) is 0 Å². The van der Waals surface area contributed by atoms with Gasteiger partial charge in [-0.2, -0.15) is 0 Å². The quantitative estimate of drug-likeness (QED) is 0.615. The Bertz CT molecular complexity index is 831. The maximum absolute atomic E-state index is 14.8. The molecular weight excluding hydrogens is 348 g/mol. The molecule has 3 rings (SSSR count). The predicted octanol–water partition coefficient (Wildman–Crippen LogP) is 4.01. The standard InChI is InChI=1S/C6H6O.2C6H5.C3H7O.O.Ti/c7-6-4-2-1-3-5-6;2*1-2-4-6-5-3-1;1-3(2)4;;/h1-5,7H;2*1-5H;3H,1-2H3;;/q;;;-1;;+2/p-1. The molecule has 3 aromatic rings. The fourth-order valence-electron chi connectivity index (χ4n) is 3.03. The van der Waals surface area contributed by atoms with Gasteiger partial charge in [-0.1, -0.05) is 0 Å². The monoisotopic (exact) mass is 370 g/mol. The van der Waals surface area contributed by atoms with E-state index in [4.69, 9.17) is 6.64 Å². The molecule has 3 nitrogen and oxygen atoms in total. The molecule has 25 heavy (non-hydrogen) atoms. The number of rotatable bonds is 6. The minimum atomic E-state index is -5.49. The van der Waals surface area contributed by atoms with Gasteiger partial charge in [-0.25, -0.2) is 0 Å². The van der Waals surface area contributed by atoms with Gasteiger partial charge in [-0.15, -0.1) is 0 Å². The van der Waals surface area contributed by atoms with Crippen LogP contribution in [-0.4, -0.2) is 6.10 Å². The molecule has 0 N–H and O–H groups in total. The van der Waals surface area contributed by atoms with E-state index < -0.39 is 16.1 Å². The number of hydrogen-bond acceptors (Lipinski definition) is 3. The molecule has 0 fully saturated rings. The molecule has 0 atom stereocenters. The Morgan fingerprint density at radius 1 is 0.680 bits per heavy atom. The van der Waals surface area contributed by atoms with Crippen LogP contribution in [0.5, 0.6) is 5.75 Å². The van der Waals surface area contributed by atoms with E-state index >= 15 is 0 Å². The zero-order valence-electron chi connectivity index (χ0n) is 14.5. The SMILES string of the molecule is CC(C)[O][Ti](=[O])([O]c1ccccc1)([c]1ccccc1)[c]1ccccc1. The molecule has 0 aliphatic carbocycles. The number of hydrogen-bond donors (Lipinski definition) is 0. The van der Waals surface area contributed by atoms with Crippen LogP contribution in [0.15, 0.2) is 91.0 Å². The molecule has 0 amide bonds. The molecule has 3 aromatic carbocycles. The Balaban J connectivity index is 2.30. The first-order valence-electron chi connectivity index (χ1n) is 8.44. The minimum absolute atomic E-state index is 0.265. The van der Waals surface area contributed by atoms with E-state index in [9.17, 15) is 3.32 Å². The molecular formula is C21H22O3Ti. The number of para-hydroxylation sites is 1. The fraction of sp³-hybridized carbons (Fsp3) is 0.143. The molecule has 0 aliphatic heterocycles. The average Bonchev–Trinajstić information content (AvgIpc) is 2.63. The summed E-state index contributed by atoms with van der Waals surface area (Å²) in [6, 6.07) is 27.7. The molecule has 0 saturated carbocycles. The van der Waals surface area contributed by atoms with Crippen molar-refractivity contribution in [3.05, 3.63) is 91.0 Å². The van der Waals surface area contributed by atoms with Crippen LogP contribution in [-0.2, 0) is 22.7 Å². The summed E-state index contributed by atoms with van der Waals surface area (Å²) in [4.78, 5) is 0. The van der Waals surface area contributed by atoms with Crippen LogP contribution in [0.2, 0.25) is 0 Å². The van der Waals surface area contributed by atoms with Crippen molar-refractivity contribution in [1.82, 2.24) is 0 Å². The van der Waals surface area contributed by atoms with Crippen molar-refractivity contribution in [3.8, 4) is 5.75 Å². The fourth-order valence-corrected chi connectivity index (χ4v) is 9.03. The predicted molar refractivity (Wildman–Crippen MR) is 96.1 cm³/mol. The third kappa shape index (κ3) is 3.50. The van der Waals surface area contributed by atoms with Gasteiger partial charge in [0, 0.05) is 0 Å². The molecule has 0 bridgehead atoms. The van der Waals surface area contributed by atoms with Crippen molar-refractivity contribution < 1.29 is 26.0 Å². The zero-order chi connectivity index (χ0) is 17.8. The Labute approximate surface area is 150 Å². The first-order chi connectivity index (χ1) is 12.0. The van der Waals surface area contributed by atoms with Crippen molar-refractivity contribution >= 4 is 7.74 Å². The first kappa shape index (κ1) is 17.7. The van der Waals surface area contributed by atoms with Gasteiger partial charge in [0.15, 0.2) is 0 Å². The summed E-state index contributed by atoms with van der Waals surface area (Å²) in [6.07, 6.45) is -0.265. The van der Waals surface area contributed by atoms with Crippen LogP contribution >= 0.6 is 0 Å². The molecule has 0 heterocycles. The maximum atomic E-state index is 14.8. The Morgan fingerprint density at radius 2 is 1.08 bits per heavy atom. The average molecular weight is 370 g/mol. The third-order valence-corrected chi connectivity index (χ3v) is 10.5. The van der Waals surface area contributed by atoms with E-state index in [1.807, 2.05) is 92.7 Å². The summed E-state index contributed by atoms with van der Waals surface area (Å²) < 4.78 is 28.5. The molecule has 0 saturated heterocycles. The molecule has 4 heteroatoms. The first-order valence-corrected chi connectivity index (χ1v) is 11.9. The Morgan fingerprint density at radius 3 is 1.48 bits per heavy atom. The van der Waals surface area contributed by atoms with Crippen LogP contribution in [0.4, 0.5) is 0 Å². The van der Waals surface area contributed by atoms with Gasteiger partial charge in [-0.05, 0) is 0 Å². The normalized spacial score (nSPS) is 12.2. The second-order valence-electron chi connectivity index (χ2n) is 6.30. The molecule has 0 radical (unpaired) electrons. The summed E-state index contributed by atoms with van der Waals surface area (Å²) in [5.41, 5.74) is 0. The Kier molecular flexibility index (Phi) is 5.00. The van der Waals surface area contributed by atoms with Gasteiger partial charge in [0.25, 0.3) is 0 Å². The van der Waals surface area contributed by atoms with E-state index in [1.54, 1.807) is 12.1 Å². The second-order valence-corrected chi connectivity index (χ2v) is 11.9. The summed E-state index contributed by atoms with van der Waals surface area (Å²) in [6.45, 7) is 3.75. The number of benzene rings is 3. The van der Waals surface area contributed by atoms with E-state index in [2.05, 4.69) is 0 Å². The van der Waals surface area contributed by atoms with Crippen LogP contribution < -0.4 is 11.1 Å². The Hall–Kier alpha value is -2.07. The van der Waals surface area contributed by atoms with E-state index in [-0.39, 0.29) is 6.10 Å². The van der Waals surface area contributed by atoms with Crippen molar-refractivity contribution in [2.75, 3.05) is 0 Å². The molecule has 128 valence electrons. The molecule has 0 aromatic heterocycles. The summed E-state index contributed by atoms with van der Waals surface area (Å²) >= 11 is -5.49. The van der Waals surface area contributed by atoms with Crippen molar-refractivity contribution in [1.29, 1.82) is 0 Å². The van der Waals surface area contributed by atoms with Crippen molar-refractivity contribution in [2.24, 2.45) is 0 Å². The summed E-state index contributed by atoms with van der Waals surface area (Å²) in [5, 5.41) is 0. The van der Waals surface area contributed by atoms with Crippen LogP contribution in [0, 0.1) is 0 Å². The zero-order valence-corrected chi connectivity index (χ0v) is 16.0. The second kappa shape index (κ2) is 7.05. The van der Waals surface area contributed by atoms with Gasteiger partial charge < -0.3 is 0 Å². The molecule has 0 aliphatic rings.